The summed E-state index contributed by atoms with van der Waals surface area (Å²) in [5.74, 6) is -0.194. The lowest BCUT2D eigenvalue weighted by atomic mass is 9.48. The average Bonchev–Trinajstić information content (AvgIpc) is 3.17. The Bertz CT molecular complexity index is 1080. The third-order valence-corrected chi connectivity index (χ3v) is 8.16. The Morgan fingerprint density at radius 2 is 2.00 bits per heavy atom. The molecule has 3 N–H and O–H groups in total. The number of esters is 1. The molecular weight excluding hydrogens is 412 g/mol. The van der Waals surface area contributed by atoms with Crippen LogP contribution >= 0.6 is 0 Å². The molecule has 1 aromatic heterocycles. The van der Waals surface area contributed by atoms with Crippen molar-refractivity contribution in [3.8, 4) is 0 Å². The van der Waals surface area contributed by atoms with E-state index in [4.69, 9.17) is 4.74 Å². The number of hydrogen-bond acceptors (Lipinski definition) is 6. The van der Waals surface area contributed by atoms with E-state index in [1.165, 1.54) is 22.4 Å². The van der Waals surface area contributed by atoms with Crippen LogP contribution < -0.4 is 11.2 Å². The van der Waals surface area contributed by atoms with Gasteiger partial charge in [-0.15, -0.1) is 0 Å². The maximum Gasteiger partial charge on any atom is 0.334 e. The summed E-state index contributed by atoms with van der Waals surface area (Å²) in [6.45, 7) is 4.75. The van der Waals surface area contributed by atoms with Crippen LogP contribution in [0.2, 0.25) is 0 Å². The first-order chi connectivity index (χ1) is 15.2. The van der Waals surface area contributed by atoms with Crippen molar-refractivity contribution >= 4 is 5.97 Å². The number of aliphatic hydroxyl groups excluding tert-OH is 2. The van der Waals surface area contributed by atoms with E-state index in [-0.39, 0.29) is 23.9 Å². The van der Waals surface area contributed by atoms with E-state index in [1.807, 2.05) is 13.0 Å². The number of nitrogens with zero attached hydrogens (tertiary/aromatic N) is 1. The third kappa shape index (κ3) is 3.79. The number of carbonyl (C=O) groups is 1. The van der Waals surface area contributed by atoms with Gasteiger partial charge in [-0.3, -0.25) is 14.3 Å². The Kier molecular flexibility index (Phi) is 6.02. The van der Waals surface area contributed by atoms with Crippen molar-refractivity contribution in [1.29, 1.82) is 0 Å². The van der Waals surface area contributed by atoms with E-state index in [0.29, 0.717) is 38.0 Å². The number of cyclic esters (lactones) is 1. The number of aromatic nitrogens is 2. The van der Waals surface area contributed by atoms with Gasteiger partial charge in [-0.2, -0.15) is 0 Å². The summed E-state index contributed by atoms with van der Waals surface area (Å²) in [6.07, 6.45) is 6.86. The molecule has 1 fully saturated rings. The lowest BCUT2D eigenvalue weighted by molar-refractivity contribution is -0.136. The highest BCUT2D eigenvalue weighted by atomic mass is 16.5. The van der Waals surface area contributed by atoms with Gasteiger partial charge < -0.3 is 14.9 Å². The Morgan fingerprint density at radius 3 is 2.66 bits per heavy atom. The number of fused-ring (bicyclic) bond motifs is 1. The molecule has 0 bridgehead atoms. The van der Waals surface area contributed by atoms with Crippen molar-refractivity contribution < 1.29 is 19.7 Å². The molecule has 1 aromatic rings. The summed E-state index contributed by atoms with van der Waals surface area (Å²) in [5.41, 5.74) is 1.24. The van der Waals surface area contributed by atoms with Crippen molar-refractivity contribution in [2.24, 2.45) is 16.7 Å². The second-order valence-corrected chi connectivity index (χ2v) is 9.88. The first-order valence-corrected chi connectivity index (χ1v) is 11.4. The van der Waals surface area contributed by atoms with Crippen LogP contribution in [0, 0.1) is 16.7 Å². The molecule has 8 nitrogen and oxygen atoms in total. The molecule has 32 heavy (non-hydrogen) atoms. The molecule has 0 radical (unpaired) electrons. The lowest BCUT2D eigenvalue weighted by Crippen LogP contribution is -2.55. The highest BCUT2D eigenvalue weighted by Gasteiger charge is 2.55. The molecule has 2 heterocycles. The zero-order valence-electron chi connectivity index (χ0n) is 18.7. The van der Waals surface area contributed by atoms with Gasteiger partial charge in [0.25, 0.3) is 5.56 Å². The highest BCUT2D eigenvalue weighted by Crippen LogP contribution is 2.60. The van der Waals surface area contributed by atoms with Crippen LogP contribution in [0.4, 0.5) is 0 Å². The minimum absolute atomic E-state index is 0.0827. The standard InChI is InChI=1S/C24H32N2O6/c1-23-10-7-19(28)24(2,14-27)18(23)6-4-16(13-26-11-8-20(29)25-22(26)31)17(23)5-3-15-9-12-32-21(15)30/h8-9,11,18-19,27-28H,3-7,10,12-14H2,1-2H3,(H,25,29,31)/t18-,19+,23-,24-/m0/s1. The van der Waals surface area contributed by atoms with E-state index in [1.54, 1.807) is 0 Å². The molecule has 1 saturated carbocycles. The number of rotatable bonds is 6. The third-order valence-electron chi connectivity index (χ3n) is 8.16. The van der Waals surface area contributed by atoms with Crippen LogP contribution in [0.15, 0.2) is 44.6 Å². The van der Waals surface area contributed by atoms with Crippen molar-refractivity contribution in [1.82, 2.24) is 9.55 Å². The van der Waals surface area contributed by atoms with Crippen molar-refractivity contribution in [3.63, 3.8) is 0 Å². The first-order valence-electron chi connectivity index (χ1n) is 11.4. The van der Waals surface area contributed by atoms with Gasteiger partial charge in [0.05, 0.1) is 12.7 Å². The largest absolute Gasteiger partial charge is 0.458 e. The molecule has 4 atom stereocenters. The molecular formula is C24H32N2O6. The van der Waals surface area contributed by atoms with Crippen molar-refractivity contribution in [2.45, 2.75) is 65.0 Å². The van der Waals surface area contributed by atoms with Crippen LogP contribution in [0.1, 0.15) is 52.4 Å². The SMILES string of the molecule is C[C@@]1(CO)[C@H](O)CC[C@@]2(C)C(CCC3=CCOC3=O)=C(Cn3ccc(=O)[nH]c3=O)CC[C@H]12. The highest BCUT2D eigenvalue weighted by molar-refractivity contribution is 5.90. The van der Waals surface area contributed by atoms with Gasteiger partial charge in [-0.05, 0) is 55.9 Å². The van der Waals surface area contributed by atoms with Gasteiger partial charge in [-0.25, -0.2) is 9.59 Å². The molecule has 2 aliphatic carbocycles. The van der Waals surface area contributed by atoms with Crippen molar-refractivity contribution in [3.05, 3.63) is 55.9 Å². The second-order valence-electron chi connectivity index (χ2n) is 9.88. The van der Waals surface area contributed by atoms with Gasteiger partial charge in [-0.1, -0.05) is 25.0 Å². The molecule has 3 aliphatic rings. The fraction of sp³-hybridized carbons (Fsp3) is 0.625. The molecule has 8 heteroatoms. The summed E-state index contributed by atoms with van der Waals surface area (Å²) < 4.78 is 6.56. The van der Waals surface area contributed by atoms with Crippen LogP contribution in [0.25, 0.3) is 0 Å². The summed E-state index contributed by atoms with van der Waals surface area (Å²) in [4.78, 5) is 38.1. The number of aromatic amines is 1. The van der Waals surface area contributed by atoms with Gasteiger partial charge in [0.15, 0.2) is 0 Å². The fourth-order valence-electron chi connectivity index (χ4n) is 6.27. The van der Waals surface area contributed by atoms with Crippen LogP contribution in [0.3, 0.4) is 0 Å². The van der Waals surface area contributed by atoms with Crippen LogP contribution in [-0.2, 0) is 16.1 Å². The molecule has 0 aromatic carbocycles. The minimum atomic E-state index is -0.607. The first kappa shape index (κ1) is 22.7. The summed E-state index contributed by atoms with van der Waals surface area (Å²) >= 11 is 0. The number of carbonyl (C=O) groups excluding carboxylic acids is 1. The monoisotopic (exact) mass is 444 g/mol. The molecule has 0 spiro atoms. The zero-order chi connectivity index (χ0) is 23.1. The quantitative estimate of drug-likeness (QED) is 0.453. The van der Waals surface area contributed by atoms with Crippen molar-refractivity contribution in [2.75, 3.05) is 13.2 Å². The van der Waals surface area contributed by atoms with E-state index in [2.05, 4.69) is 11.9 Å². The summed E-state index contributed by atoms with van der Waals surface area (Å²) in [5, 5.41) is 21.0. The van der Waals surface area contributed by atoms with Crippen LogP contribution in [-0.4, -0.2) is 45.1 Å². The topological polar surface area (TPSA) is 122 Å². The lowest BCUT2D eigenvalue weighted by Gasteiger charge is -2.57. The molecule has 0 saturated heterocycles. The van der Waals surface area contributed by atoms with Crippen LogP contribution in [0.5, 0.6) is 0 Å². The van der Waals surface area contributed by atoms with E-state index < -0.39 is 22.8 Å². The minimum Gasteiger partial charge on any atom is -0.458 e. The maximum absolute atomic E-state index is 12.3. The Balaban J connectivity index is 1.74. The van der Waals surface area contributed by atoms with Gasteiger partial charge >= 0.3 is 11.7 Å². The Morgan fingerprint density at radius 1 is 1.22 bits per heavy atom. The number of allylic oxidation sites excluding steroid dienone is 2. The Labute approximate surface area is 186 Å². The van der Waals surface area contributed by atoms with E-state index in [9.17, 15) is 24.6 Å². The summed E-state index contributed by atoms with van der Waals surface area (Å²) in [7, 11) is 0. The molecule has 1 aliphatic heterocycles. The van der Waals surface area contributed by atoms with Gasteiger partial charge in [0, 0.05) is 29.8 Å². The molecule has 174 valence electrons. The maximum atomic E-state index is 12.3. The number of H-pyrrole nitrogens is 1. The predicted molar refractivity (Wildman–Crippen MR) is 118 cm³/mol. The predicted octanol–water partition coefficient (Wildman–Crippen LogP) is 1.67. The number of nitrogens with one attached hydrogen (secondary N) is 1. The Hall–Kier alpha value is -2.45. The summed E-state index contributed by atoms with van der Waals surface area (Å²) in [6, 6.07) is 1.34. The smallest absolute Gasteiger partial charge is 0.334 e. The molecule has 0 unspecified atom stereocenters. The number of aliphatic hydroxyl groups is 2. The number of ether oxygens (including phenoxy) is 1. The average molecular weight is 445 g/mol. The normalized spacial score (nSPS) is 32.5. The van der Waals surface area contributed by atoms with E-state index in [0.717, 1.165) is 24.8 Å². The van der Waals surface area contributed by atoms with Gasteiger partial charge in [0.1, 0.15) is 6.61 Å². The van der Waals surface area contributed by atoms with Gasteiger partial charge in [0.2, 0.25) is 0 Å². The molecule has 0 amide bonds. The fourth-order valence-corrected chi connectivity index (χ4v) is 6.27. The van der Waals surface area contributed by atoms with E-state index >= 15 is 0 Å². The molecule has 4 rings (SSSR count). The number of hydrogen-bond donors (Lipinski definition) is 3. The zero-order valence-corrected chi connectivity index (χ0v) is 18.7. The second kappa shape index (κ2) is 8.48.